The average Bonchev–Trinajstić information content (AvgIpc) is 3.29. The quantitative estimate of drug-likeness (QED) is 0.460. The molecule has 1 aliphatic rings. The van der Waals surface area contributed by atoms with Crippen molar-refractivity contribution in [2.24, 2.45) is 4.99 Å². The molecular formula is C24H34N6O2. The summed E-state index contributed by atoms with van der Waals surface area (Å²) in [7, 11) is 3.51. The van der Waals surface area contributed by atoms with E-state index in [1.54, 1.807) is 18.2 Å². The van der Waals surface area contributed by atoms with Crippen molar-refractivity contribution >= 4 is 17.6 Å². The Hall–Kier alpha value is -3.29. The monoisotopic (exact) mass is 438 g/mol. The largest absolute Gasteiger partial charge is 0.495 e. The number of rotatable bonds is 9. The van der Waals surface area contributed by atoms with E-state index in [0.717, 1.165) is 49.6 Å². The molecule has 0 radical (unpaired) electrons. The first-order valence-electron chi connectivity index (χ1n) is 11.2. The van der Waals surface area contributed by atoms with Gasteiger partial charge < -0.3 is 25.2 Å². The Labute approximate surface area is 190 Å². The molecule has 0 aliphatic carbocycles. The molecule has 8 nitrogen and oxygen atoms in total. The Morgan fingerprint density at radius 3 is 2.84 bits per heavy atom. The first kappa shape index (κ1) is 23.4. The minimum absolute atomic E-state index is 0.0137. The standard InChI is InChI=1S/C24H34N6O2/c1-4-25-24(27-17-23(31)29(2)15-12-19-9-7-8-14-26-19)28-20-13-16-30(18-20)21-10-5-6-11-22(21)32-3/h5-11,14,20H,4,12-13,15-18H2,1-3H3,(H2,25,27,28). The van der Waals surface area contributed by atoms with Crippen molar-refractivity contribution in [1.82, 2.24) is 20.5 Å². The molecule has 1 aromatic heterocycles. The second-order valence-electron chi connectivity index (χ2n) is 7.83. The van der Waals surface area contributed by atoms with Gasteiger partial charge in [-0.25, -0.2) is 4.99 Å². The molecule has 0 bridgehead atoms. The fraction of sp³-hybridized carbons (Fsp3) is 0.458. The summed E-state index contributed by atoms with van der Waals surface area (Å²) in [5, 5.41) is 6.74. The van der Waals surface area contributed by atoms with E-state index in [1.165, 1.54) is 0 Å². The maximum absolute atomic E-state index is 12.5. The van der Waals surface area contributed by atoms with Crippen LogP contribution in [0, 0.1) is 0 Å². The Bertz CT molecular complexity index is 889. The number of anilines is 1. The summed E-state index contributed by atoms with van der Waals surface area (Å²) in [6, 6.07) is 14.1. The number of carbonyl (C=O) groups excluding carboxylic acids is 1. The number of hydrogen-bond donors (Lipinski definition) is 2. The Morgan fingerprint density at radius 1 is 1.28 bits per heavy atom. The molecule has 0 spiro atoms. The molecule has 1 aliphatic heterocycles. The van der Waals surface area contributed by atoms with E-state index in [0.29, 0.717) is 12.5 Å². The van der Waals surface area contributed by atoms with Crippen LogP contribution in [0.1, 0.15) is 19.0 Å². The topological polar surface area (TPSA) is 82.1 Å². The molecule has 32 heavy (non-hydrogen) atoms. The van der Waals surface area contributed by atoms with Gasteiger partial charge in [0.15, 0.2) is 5.96 Å². The highest BCUT2D eigenvalue weighted by molar-refractivity contribution is 5.85. The predicted octanol–water partition coefficient (Wildman–Crippen LogP) is 1.93. The molecular weight excluding hydrogens is 404 g/mol. The minimum Gasteiger partial charge on any atom is -0.495 e. The summed E-state index contributed by atoms with van der Waals surface area (Å²) < 4.78 is 5.50. The van der Waals surface area contributed by atoms with Gasteiger partial charge in [-0.15, -0.1) is 0 Å². The summed E-state index contributed by atoms with van der Waals surface area (Å²) in [4.78, 5) is 25.4. The molecule has 1 saturated heterocycles. The van der Waals surface area contributed by atoms with Crippen molar-refractivity contribution in [1.29, 1.82) is 0 Å². The van der Waals surface area contributed by atoms with E-state index in [-0.39, 0.29) is 18.5 Å². The van der Waals surface area contributed by atoms with Crippen molar-refractivity contribution in [2.45, 2.75) is 25.8 Å². The minimum atomic E-state index is -0.0137. The van der Waals surface area contributed by atoms with Gasteiger partial charge in [0.2, 0.25) is 5.91 Å². The van der Waals surface area contributed by atoms with Crippen LogP contribution in [-0.4, -0.2) is 74.7 Å². The van der Waals surface area contributed by atoms with E-state index in [2.05, 4.69) is 31.6 Å². The van der Waals surface area contributed by atoms with Crippen molar-refractivity contribution in [2.75, 3.05) is 51.8 Å². The third-order valence-corrected chi connectivity index (χ3v) is 5.53. The van der Waals surface area contributed by atoms with Gasteiger partial charge in [0.25, 0.3) is 0 Å². The first-order chi connectivity index (χ1) is 15.6. The lowest BCUT2D eigenvalue weighted by atomic mass is 10.2. The predicted molar refractivity (Wildman–Crippen MR) is 128 cm³/mol. The molecule has 1 atom stereocenters. The van der Waals surface area contributed by atoms with E-state index in [1.807, 2.05) is 50.4 Å². The van der Waals surface area contributed by atoms with Crippen molar-refractivity contribution in [3.63, 3.8) is 0 Å². The second kappa shape index (κ2) is 11.9. The van der Waals surface area contributed by atoms with E-state index < -0.39 is 0 Å². The van der Waals surface area contributed by atoms with E-state index in [9.17, 15) is 4.79 Å². The number of benzene rings is 1. The molecule has 0 saturated carbocycles. The highest BCUT2D eigenvalue weighted by atomic mass is 16.5. The lowest BCUT2D eigenvalue weighted by Gasteiger charge is -2.22. The smallest absolute Gasteiger partial charge is 0.244 e. The van der Waals surface area contributed by atoms with Crippen LogP contribution in [0.4, 0.5) is 5.69 Å². The van der Waals surface area contributed by atoms with Gasteiger partial charge in [-0.05, 0) is 37.6 Å². The van der Waals surface area contributed by atoms with E-state index >= 15 is 0 Å². The van der Waals surface area contributed by atoms with Crippen LogP contribution < -0.4 is 20.3 Å². The van der Waals surface area contributed by atoms with Gasteiger partial charge >= 0.3 is 0 Å². The number of carbonyl (C=O) groups is 1. The van der Waals surface area contributed by atoms with Gasteiger partial charge in [0, 0.05) is 57.6 Å². The number of methoxy groups -OCH3 is 1. The number of aromatic nitrogens is 1. The zero-order valence-electron chi connectivity index (χ0n) is 19.3. The fourth-order valence-corrected chi connectivity index (χ4v) is 3.72. The van der Waals surface area contributed by atoms with Crippen LogP contribution in [0.3, 0.4) is 0 Å². The highest BCUT2D eigenvalue weighted by Gasteiger charge is 2.25. The SMILES string of the molecule is CCNC(=NCC(=O)N(C)CCc1ccccn1)NC1CCN(c2ccccc2OC)C1. The van der Waals surface area contributed by atoms with Crippen LogP contribution in [0.2, 0.25) is 0 Å². The number of amides is 1. The van der Waals surface area contributed by atoms with Gasteiger partial charge in [-0.1, -0.05) is 18.2 Å². The number of likely N-dealkylation sites (N-methyl/N-ethyl adjacent to an activating group) is 1. The number of ether oxygens (including phenoxy) is 1. The van der Waals surface area contributed by atoms with Crippen molar-refractivity contribution in [3.8, 4) is 5.75 Å². The van der Waals surface area contributed by atoms with Crippen LogP contribution in [0.15, 0.2) is 53.7 Å². The number of para-hydroxylation sites is 2. The lowest BCUT2D eigenvalue weighted by molar-refractivity contribution is -0.128. The molecule has 172 valence electrons. The van der Waals surface area contributed by atoms with Crippen LogP contribution >= 0.6 is 0 Å². The summed E-state index contributed by atoms with van der Waals surface area (Å²) in [6.45, 7) is 5.27. The molecule has 2 aromatic rings. The molecule has 8 heteroatoms. The normalized spacial score (nSPS) is 16.0. The van der Waals surface area contributed by atoms with Crippen LogP contribution in [0.5, 0.6) is 5.75 Å². The number of nitrogens with zero attached hydrogens (tertiary/aromatic N) is 4. The zero-order chi connectivity index (χ0) is 22.8. The van der Waals surface area contributed by atoms with Crippen molar-refractivity contribution in [3.05, 3.63) is 54.4 Å². The third kappa shape index (κ3) is 6.60. The van der Waals surface area contributed by atoms with Gasteiger partial charge in [-0.3, -0.25) is 9.78 Å². The Balaban J connectivity index is 1.51. The Kier molecular flexibility index (Phi) is 8.71. The molecule has 1 fully saturated rings. The molecule has 3 rings (SSSR count). The number of hydrogen-bond acceptors (Lipinski definition) is 5. The summed E-state index contributed by atoms with van der Waals surface area (Å²) in [5.74, 6) is 1.54. The third-order valence-electron chi connectivity index (χ3n) is 5.53. The van der Waals surface area contributed by atoms with Crippen LogP contribution in [-0.2, 0) is 11.2 Å². The maximum Gasteiger partial charge on any atom is 0.244 e. The summed E-state index contributed by atoms with van der Waals surface area (Å²) in [6.07, 6.45) is 3.49. The van der Waals surface area contributed by atoms with E-state index in [4.69, 9.17) is 4.74 Å². The molecule has 1 unspecified atom stereocenters. The number of guanidine groups is 1. The average molecular weight is 439 g/mol. The number of aliphatic imine (C=N–C) groups is 1. The van der Waals surface area contributed by atoms with Crippen LogP contribution in [0.25, 0.3) is 0 Å². The molecule has 2 heterocycles. The maximum atomic E-state index is 12.5. The number of pyridine rings is 1. The molecule has 2 N–H and O–H groups in total. The first-order valence-corrected chi connectivity index (χ1v) is 11.2. The van der Waals surface area contributed by atoms with Crippen molar-refractivity contribution < 1.29 is 9.53 Å². The molecule has 1 aromatic carbocycles. The lowest BCUT2D eigenvalue weighted by Crippen LogP contribution is -2.45. The van der Waals surface area contributed by atoms with Gasteiger partial charge in [-0.2, -0.15) is 0 Å². The molecule has 1 amide bonds. The number of nitrogens with one attached hydrogen (secondary N) is 2. The fourth-order valence-electron chi connectivity index (χ4n) is 3.72. The summed E-state index contributed by atoms with van der Waals surface area (Å²) in [5.41, 5.74) is 2.08. The van der Waals surface area contributed by atoms with Gasteiger partial charge in [0.05, 0.1) is 12.8 Å². The second-order valence-corrected chi connectivity index (χ2v) is 7.83. The van der Waals surface area contributed by atoms with Gasteiger partial charge in [0.1, 0.15) is 12.3 Å². The zero-order valence-corrected chi connectivity index (χ0v) is 19.3. The summed E-state index contributed by atoms with van der Waals surface area (Å²) >= 11 is 0. The highest BCUT2D eigenvalue weighted by Crippen LogP contribution is 2.30. The Morgan fingerprint density at radius 2 is 2.09 bits per heavy atom.